The molecule has 22 heavy (non-hydrogen) atoms. The van der Waals surface area contributed by atoms with Crippen molar-refractivity contribution in [1.29, 1.82) is 0 Å². The lowest BCUT2D eigenvalue weighted by molar-refractivity contribution is -0.146. The van der Waals surface area contributed by atoms with Crippen molar-refractivity contribution in [2.24, 2.45) is 0 Å². The van der Waals surface area contributed by atoms with E-state index in [0.29, 0.717) is 16.8 Å². The van der Waals surface area contributed by atoms with Crippen LogP contribution >= 0.6 is 0 Å². The van der Waals surface area contributed by atoms with Gasteiger partial charge in [0.25, 0.3) is 5.91 Å². The average Bonchev–Trinajstić information content (AvgIpc) is 2.72. The van der Waals surface area contributed by atoms with Gasteiger partial charge >= 0.3 is 11.9 Å². The zero-order chi connectivity index (χ0) is 17.1. The molecule has 0 aromatic carbocycles. The van der Waals surface area contributed by atoms with E-state index in [0.717, 1.165) is 0 Å². The van der Waals surface area contributed by atoms with Gasteiger partial charge in [-0.15, -0.1) is 0 Å². The lowest BCUT2D eigenvalue weighted by Gasteiger charge is -2.22. The van der Waals surface area contributed by atoms with Gasteiger partial charge in [-0.3, -0.25) is 4.79 Å². The minimum atomic E-state index is -1.18. The molecule has 0 aliphatic heterocycles. The second kappa shape index (κ2) is 6.64. The summed E-state index contributed by atoms with van der Waals surface area (Å²) in [6, 6.07) is 0. The van der Waals surface area contributed by atoms with Crippen LogP contribution in [0.15, 0.2) is 0 Å². The third-order valence-corrected chi connectivity index (χ3v) is 3.27. The molecule has 7 heteroatoms. The highest BCUT2D eigenvalue weighted by Crippen LogP contribution is 2.20. The summed E-state index contributed by atoms with van der Waals surface area (Å²) in [4.78, 5) is 38.8. The summed E-state index contributed by atoms with van der Waals surface area (Å²) < 4.78 is 9.62. The molecule has 1 heterocycles. The van der Waals surface area contributed by atoms with Crippen LogP contribution in [0.25, 0.3) is 0 Å². The van der Waals surface area contributed by atoms with Crippen molar-refractivity contribution in [2.45, 2.75) is 40.2 Å². The minimum Gasteiger partial charge on any atom is -0.467 e. The number of carbonyl (C=O) groups is 3. The van der Waals surface area contributed by atoms with Crippen LogP contribution in [0.3, 0.4) is 0 Å². The normalized spacial score (nSPS) is 11.0. The van der Waals surface area contributed by atoms with Crippen molar-refractivity contribution in [3.05, 3.63) is 22.5 Å². The van der Waals surface area contributed by atoms with Gasteiger partial charge in [-0.05, 0) is 40.2 Å². The van der Waals surface area contributed by atoms with Gasteiger partial charge in [-0.2, -0.15) is 0 Å². The summed E-state index contributed by atoms with van der Waals surface area (Å²) in [5.41, 5.74) is 0.396. The van der Waals surface area contributed by atoms with E-state index in [4.69, 9.17) is 4.74 Å². The van der Waals surface area contributed by atoms with Crippen molar-refractivity contribution in [3.8, 4) is 0 Å². The number of ether oxygens (including phenoxy) is 2. The number of hydrogen-bond donors (Lipinski definition) is 2. The number of hydrogen-bond acceptors (Lipinski definition) is 5. The molecule has 0 atom stereocenters. The van der Waals surface area contributed by atoms with Gasteiger partial charge in [0.1, 0.15) is 11.2 Å². The predicted molar refractivity (Wildman–Crippen MR) is 79.8 cm³/mol. The van der Waals surface area contributed by atoms with E-state index in [1.807, 2.05) is 0 Å². The number of aromatic nitrogens is 1. The summed E-state index contributed by atoms with van der Waals surface area (Å²) >= 11 is 0. The smallest absolute Gasteiger partial charge is 0.340 e. The first-order chi connectivity index (χ1) is 10.2. The molecule has 1 rings (SSSR count). The van der Waals surface area contributed by atoms with Gasteiger partial charge in [-0.1, -0.05) is 0 Å². The van der Waals surface area contributed by atoms with Gasteiger partial charge in [-0.25, -0.2) is 9.59 Å². The largest absolute Gasteiger partial charge is 0.467 e. The van der Waals surface area contributed by atoms with Gasteiger partial charge in [0.15, 0.2) is 0 Å². The number of aryl methyl sites for hydroxylation is 1. The van der Waals surface area contributed by atoms with Crippen LogP contribution in [0.2, 0.25) is 0 Å². The lowest BCUT2D eigenvalue weighted by atomic mass is 10.0. The van der Waals surface area contributed by atoms with E-state index in [1.165, 1.54) is 21.0 Å². The maximum atomic E-state index is 12.3. The molecule has 0 aliphatic rings. The van der Waals surface area contributed by atoms with Crippen molar-refractivity contribution >= 4 is 17.8 Å². The Morgan fingerprint density at radius 2 is 1.82 bits per heavy atom. The summed E-state index contributed by atoms with van der Waals surface area (Å²) in [5.74, 6) is -1.54. The Kier molecular flexibility index (Phi) is 5.35. The average molecular weight is 310 g/mol. The zero-order valence-corrected chi connectivity index (χ0v) is 13.7. The van der Waals surface area contributed by atoms with Crippen molar-refractivity contribution in [1.82, 2.24) is 10.3 Å². The molecule has 0 radical (unpaired) electrons. The van der Waals surface area contributed by atoms with E-state index < -0.39 is 23.4 Å². The lowest BCUT2D eigenvalue weighted by Crippen LogP contribution is -2.50. The fourth-order valence-corrected chi connectivity index (χ4v) is 2.14. The minimum absolute atomic E-state index is 0.220. The van der Waals surface area contributed by atoms with Crippen LogP contribution in [0.4, 0.5) is 0 Å². The molecule has 0 fully saturated rings. The monoisotopic (exact) mass is 310 g/mol. The first kappa shape index (κ1) is 17.7. The molecule has 0 unspecified atom stereocenters. The fraction of sp³-hybridized carbons (Fsp3) is 0.533. The van der Waals surface area contributed by atoms with Gasteiger partial charge < -0.3 is 19.8 Å². The Morgan fingerprint density at radius 1 is 1.23 bits per heavy atom. The molecule has 0 spiro atoms. The number of amides is 1. The van der Waals surface area contributed by atoms with Crippen molar-refractivity contribution in [3.63, 3.8) is 0 Å². The Bertz CT molecular complexity index is 601. The Labute approximate surface area is 129 Å². The highest BCUT2D eigenvalue weighted by Gasteiger charge is 2.32. The molecule has 0 saturated carbocycles. The standard InChI is InChI=1S/C15H22N2O5/c1-7-22-13(19)10-8(2)11(16-9(10)3)12(18)17-15(4,5)14(20)21-6/h16H,7H2,1-6H3,(H,17,18). The number of nitrogens with one attached hydrogen (secondary N) is 2. The molecular formula is C15H22N2O5. The van der Waals surface area contributed by atoms with Gasteiger partial charge in [0.2, 0.25) is 0 Å². The third kappa shape index (κ3) is 3.47. The molecular weight excluding hydrogens is 288 g/mol. The quantitative estimate of drug-likeness (QED) is 0.803. The number of aromatic amines is 1. The maximum absolute atomic E-state index is 12.3. The van der Waals surface area contributed by atoms with E-state index in [-0.39, 0.29) is 12.3 Å². The number of methoxy groups -OCH3 is 1. The maximum Gasteiger partial charge on any atom is 0.340 e. The van der Waals surface area contributed by atoms with Crippen LogP contribution in [0.5, 0.6) is 0 Å². The highest BCUT2D eigenvalue weighted by molar-refractivity contribution is 6.02. The first-order valence-electron chi connectivity index (χ1n) is 6.92. The molecule has 7 nitrogen and oxygen atoms in total. The van der Waals surface area contributed by atoms with Crippen LogP contribution in [-0.2, 0) is 14.3 Å². The molecule has 2 N–H and O–H groups in total. The second-order valence-corrected chi connectivity index (χ2v) is 5.42. The second-order valence-electron chi connectivity index (χ2n) is 5.42. The number of carbonyl (C=O) groups excluding carboxylic acids is 3. The summed E-state index contributed by atoms with van der Waals surface area (Å²) in [6.45, 7) is 8.36. The number of esters is 2. The van der Waals surface area contributed by atoms with Gasteiger partial charge in [0.05, 0.1) is 19.3 Å². The summed E-state index contributed by atoms with van der Waals surface area (Å²) in [5, 5.41) is 2.58. The fourth-order valence-electron chi connectivity index (χ4n) is 2.14. The van der Waals surface area contributed by atoms with Gasteiger partial charge in [0, 0.05) is 5.69 Å². The van der Waals surface area contributed by atoms with Crippen LogP contribution in [0, 0.1) is 13.8 Å². The van der Waals surface area contributed by atoms with E-state index in [2.05, 4.69) is 15.0 Å². The van der Waals surface area contributed by atoms with E-state index >= 15 is 0 Å². The first-order valence-corrected chi connectivity index (χ1v) is 6.92. The van der Waals surface area contributed by atoms with E-state index in [1.54, 1.807) is 20.8 Å². The number of H-pyrrole nitrogens is 1. The van der Waals surface area contributed by atoms with Crippen LogP contribution in [0.1, 0.15) is 52.9 Å². The topological polar surface area (TPSA) is 97.5 Å². The number of rotatable bonds is 5. The Hall–Kier alpha value is -2.31. The highest BCUT2D eigenvalue weighted by atomic mass is 16.5. The van der Waals surface area contributed by atoms with E-state index in [9.17, 15) is 14.4 Å². The zero-order valence-electron chi connectivity index (χ0n) is 13.7. The SMILES string of the molecule is CCOC(=O)c1c(C)[nH]c(C(=O)NC(C)(C)C(=O)OC)c1C. The van der Waals surface area contributed by atoms with Crippen molar-refractivity contribution < 1.29 is 23.9 Å². The summed E-state index contributed by atoms with van der Waals surface area (Å²) in [7, 11) is 1.25. The summed E-state index contributed by atoms with van der Waals surface area (Å²) in [6.07, 6.45) is 0. The predicted octanol–water partition coefficient (Wildman–Crippen LogP) is 1.49. The molecule has 122 valence electrons. The third-order valence-electron chi connectivity index (χ3n) is 3.27. The molecule has 1 amide bonds. The van der Waals surface area contributed by atoms with Crippen LogP contribution in [-0.4, -0.2) is 42.1 Å². The molecule has 0 saturated heterocycles. The molecule has 1 aromatic heterocycles. The molecule has 0 aliphatic carbocycles. The molecule has 1 aromatic rings. The molecule has 0 bridgehead atoms. The van der Waals surface area contributed by atoms with Crippen molar-refractivity contribution in [2.75, 3.05) is 13.7 Å². The van der Waals surface area contributed by atoms with Crippen LogP contribution < -0.4 is 5.32 Å². The Balaban J connectivity index is 3.08. The Morgan fingerprint density at radius 3 is 2.32 bits per heavy atom.